The van der Waals surface area contributed by atoms with Crippen LogP contribution in [0.4, 0.5) is 5.69 Å². The molecule has 7 heteroatoms. The number of nitrogens with zero attached hydrogens (tertiary/aromatic N) is 2. The largest absolute Gasteiger partial charge is 0.355 e. The summed E-state index contributed by atoms with van der Waals surface area (Å²) in [6.45, 7) is 4.78. The highest BCUT2D eigenvalue weighted by molar-refractivity contribution is 8.00. The van der Waals surface area contributed by atoms with Crippen LogP contribution in [0, 0.1) is 0 Å². The van der Waals surface area contributed by atoms with Gasteiger partial charge in [-0.15, -0.1) is 11.8 Å². The molecular weight excluding hydrogens is 324 g/mol. The zero-order chi connectivity index (χ0) is 17.4. The second-order valence-corrected chi connectivity index (χ2v) is 6.79. The number of hydrogen-bond donors (Lipinski definition) is 2. The molecular formula is C17H22N4O2S. The van der Waals surface area contributed by atoms with Gasteiger partial charge in [0.1, 0.15) is 0 Å². The average Bonchev–Trinajstić information content (AvgIpc) is 3.06. The van der Waals surface area contributed by atoms with Gasteiger partial charge in [-0.1, -0.05) is 0 Å². The van der Waals surface area contributed by atoms with Crippen LogP contribution >= 0.6 is 11.8 Å². The van der Waals surface area contributed by atoms with Crippen molar-refractivity contribution in [2.45, 2.75) is 37.0 Å². The highest BCUT2D eigenvalue weighted by Crippen LogP contribution is 2.24. The van der Waals surface area contributed by atoms with Gasteiger partial charge in [0.15, 0.2) is 0 Å². The molecule has 24 heavy (non-hydrogen) atoms. The minimum Gasteiger partial charge on any atom is -0.355 e. The highest BCUT2D eigenvalue weighted by atomic mass is 32.2. The molecule has 1 atom stereocenters. The number of carbonyl (C=O) groups excluding carboxylic acids is 2. The third-order valence-electron chi connectivity index (χ3n) is 3.28. The molecule has 2 aromatic rings. The van der Waals surface area contributed by atoms with Gasteiger partial charge >= 0.3 is 0 Å². The Bertz CT molecular complexity index is 656. The Morgan fingerprint density at radius 1 is 1.29 bits per heavy atom. The number of rotatable bonds is 8. The monoisotopic (exact) mass is 346 g/mol. The van der Waals surface area contributed by atoms with E-state index in [0.29, 0.717) is 6.54 Å². The Morgan fingerprint density at radius 2 is 2.04 bits per heavy atom. The van der Waals surface area contributed by atoms with Crippen LogP contribution in [-0.4, -0.2) is 33.4 Å². The van der Waals surface area contributed by atoms with Crippen LogP contribution in [-0.2, 0) is 16.1 Å². The summed E-state index contributed by atoms with van der Waals surface area (Å²) in [4.78, 5) is 24.1. The van der Waals surface area contributed by atoms with E-state index in [1.54, 1.807) is 6.20 Å². The topological polar surface area (TPSA) is 76.0 Å². The number of amides is 2. The van der Waals surface area contributed by atoms with Crippen LogP contribution in [0.25, 0.3) is 0 Å². The van der Waals surface area contributed by atoms with E-state index in [2.05, 4.69) is 15.7 Å². The fraction of sp³-hybridized carbons (Fsp3) is 0.353. The molecule has 128 valence electrons. The summed E-state index contributed by atoms with van der Waals surface area (Å²) >= 11 is 1.49. The Balaban J connectivity index is 1.71. The van der Waals surface area contributed by atoms with Gasteiger partial charge in [0.25, 0.3) is 0 Å². The molecule has 1 aromatic carbocycles. The number of thioether (sulfide) groups is 1. The van der Waals surface area contributed by atoms with Gasteiger partial charge in [0.2, 0.25) is 11.8 Å². The number of hydrogen-bond acceptors (Lipinski definition) is 4. The van der Waals surface area contributed by atoms with Crippen molar-refractivity contribution >= 4 is 29.3 Å². The van der Waals surface area contributed by atoms with Crippen molar-refractivity contribution in [3.05, 3.63) is 42.7 Å². The highest BCUT2D eigenvalue weighted by Gasteiger charge is 2.13. The fourth-order valence-electron chi connectivity index (χ4n) is 2.11. The number of nitrogens with one attached hydrogen (secondary N) is 2. The van der Waals surface area contributed by atoms with Gasteiger partial charge in [-0.3, -0.25) is 14.3 Å². The van der Waals surface area contributed by atoms with E-state index in [0.717, 1.165) is 23.5 Å². The quantitative estimate of drug-likeness (QED) is 0.569. The van der Waals surface area contributed by atoms with E-state index < -0.39 is 0 Å². The predicted molar refractivity (Wildman–Crippen MR) is 95.9 cm³/mol. The van der Waals surface area contributed by atoms with Gasteiger partial charge < -0.3 is 10.6 Å². The summed E-state index contributed by atoms with van der Waals surface area (Å²) < 4.78 is 1.85. The van der Waals surface area contributed by atoms with Crippen molar-refractivity contribution in [1.29, 1.82) is 0 Å². The van der Waals surface area contributed by atoms with Crippen LogP contribution in [0.15, 0.2) is 47.6 Å². The lowest BCUT2D eigenvalue weighted by Gasteiger charge is -2.12. The first-order chi connectivity index (χ1) is 11.5. The van der Waals surface area contributed by atoms with Crippen LogP contribution in [0.1, 0.15) is 20.3 Å². The van der Waals surface area contributed by atoms with Crippen molar-refractivity contribution < 1.29 is 9.59 Å². The number of aryl methyl sites for hydroxylation is 1. The van der Waals surface area contributed by atoms with Crippen molar-refractivity contribution in [3.63, 3.8) is 0 Å². The second-order valence-electron chi connectivity index (χ2n) is 5.38. The molecule has 1 aromatic heterocycles. The Kier molecular flexibility index (Phi) is 6.87. The summed E-state index contributed by atoms with van der Waals surface area (Å²) in [5, 5.41) is 9.61. The molecule has 0 spiro atoms. The molecule has 0 aliphatic carbocycles. The van der Waals surface area contributed by atoms with E-state index in [4.69, 9.17) is 0 Å². The number of carbonyl (C=O) groups is 2. The van der Waals surface area contributed by atoms with Crippen molar-refractivity contribution in [3.8, 4) is 0 Å². The molecule has 0 saturated carbocycles. The molecule has 0 radical (unpaired) electrons. The minimum atomic E-state index is -0.179. The molecule has 2 rings (SSSR count). The van der Waals surface area contributed by atoms with E-state index >= 15 is 0 Å². The zero-order valence-corrected chi connectivity index (χ0v) is 14.7. The minimum absolute atomic E-state index is 0.0198. The zero-order valence-electron chi connectivity index (χ0n) is 13.9. The molecule has 0 aliphatic rings. The van der Waals surface area contributed by atoms with Crippen LogP contribution < -0.4 is 10.6 Å². The van der Waals surface area contributed by atoms with Gasteiger partial charge in [0.05, 0.1) is 5.25 Å². The molecule has 0 aliphatic heterocycles. The molecule has 0 fully saturated rings. The van der Waals surface area contributed by atoms with Crippen LogP contribution in [0.2, 0.25) is 0 Å². The van der Waals surface area contributed by atoms with Crippen LogP contribution in [0.5, 0.6) is 0 Å². The third kappa shape index (κ3) is 6.08. The number of benzene rings is 1. The van der Waals surface area contributed by atoms with E-state index in [-0.39, 0.29) is 17.1 Å². The maximum atomic E-state index is 12.1. The summed E-state index contributed by atoms with van der Waals surface area (Å²) in [6.07, 6.45) is 4.50. The molecule has 2 amide bonds. The summed E-state index contributed by atoms with van der Waals surface area (Å²) in [5.41, 5.74) is 0.752. The van der Waals surface area contributed by atoms with E-state index in [1.165, 1.54) is 18.7 Å². The van der Waals surface area contributed by atoms with Crippen molar-refractivity contribution in [1.82, 2.24) is 15.1 Å². The molecule has 1 unspecified atom stereocenters. The van der Waals surface area contributed by atoms with E-state index in [1.807, 2.05) is 48.1 Å². The second kappa shape index (κ2) is 9.12. The lowest BCUT2D eigenvalue weighted by atomic mass is 10.3. The standard InChI is InChI=1S/C17H22N4O2S/c1-13(17(23)18-9-3-11-21-12-4-10-19-21)24-16-7-5-15(6-8-16)20-14(2)22/h4-8,10,12-13H,3,9,11H2,1-2H3,(H,18,23)(H,20,22). The summed E-state index contributed by atoms with van der Waals surface area (Å²) in [5.74, 6) is -0.0790. The number of anilines is 1. The first kappa shape index (κ1) is 18.1. The van der Waals surface area contributed by atoms with Crippen molar-refractivity contribution in [2.24, 2.45) is 0 Å². The summed E-state index contributed by atoms with van der Waals surface area (Å²) in [6, 6.07) is 9.35. The Labute approximate surface area is 146 Å². The first-order valence-corrected chi connectivity index (χ1v) is 8.72. The van der Waals surface area contributed by atoms with Crippen LogP contribution in [0.3, 0.4) is 0 Å². The maximum absolute atomic E-state index is 12.1. The van der Waals surface area contributed by atoms with Crippen molar-refractivity contribution in [2.75, 3.05) is 11.9 Å². The Morgan fingerprint density at radius 3 is 2.67 bits per heavy atom. The lowest BCUT2D eigenvalue weighted by Crippen LogP contribution is -2.32. The third-order valence-corrected chi connectivity index (χ3v) is 4.39. The van der Waals surface area contributed by atoms with Gasteiger partial charge in [0, 0.05) is 43.0 Å². The summed E-state index contributed by atoms with van der Waals surface area (Å²) in [7, 11) is 0. The molecule has 0 bridgehead atoms. The molecule has 6 nitrogen and oxygen atoms in total. The van der Waals surface area contributed by atoms with E-state index in [9.17, 15) is 9.59 Å². The SMILES string of the molecule is CC(=O)Nc1ccc(SC(C)C(=O)NCCCn2cccn2)cc1. The molecule has 2 N–H and O–H groups in total. The smallest absolute Gasteiger partial charge is 0.233 e. The Hall–Kier alpha value is -2.28. The maximum Gasteiger partial charge on any atom is 0.233 e. The normalized spacial score (nSPS) is 11.8. The number of aromatic nitrogens is 2. The van der Waals surface area contributed by atoms with Gasteiger partial charge in [-0.25, -0.2) is 0 Å². The average molecular weight is 346 g/mol. The van der Waals surface area contributed by atoms with Gasteiger partial charge in [-0.05, 0) is 43.7 Å². The first-order valence-electron chi connectivity index (χ1n) is 7.84. The lowest BCUT2D eigenvalue weighted by molar-refractivity contribution is -0.120. The molecule has 1 heterocycles. The molecule has 0 saturated heterocycles. The van der Waals surface area contributed by atoms with Gasteiger partial charge in [-0.2, -0.15) is 5.10 Å². The fourth-order valence-corrected chi connectivity index (χ4v) is 3.00. The predicted octanol–water partition coefficient (Wildman–Crippen LogP) is 2.53.